The Morgan fingerprint density at radius 3 is 1.33 bits per heavy atom. The quantitative estimate of drug-likeness (QED) is 0.336. The van der Waals surface area contributed by atoms with Crippen molar-refractivity contribution in [2.45, 2.75) is 0 Å². The Labute approximate surface area is 66.9 Å². The Morgan fingerprint density at radius 2 is 1.33 bits per heavy atom. The molecule has 0 aliphatic carbocycles. The largest absolute Gasteiger partial charge is 0.193 e. The number of nitriles is 1. The molecule has 0 heterocycles. The van der Waals surface area contributed by atoms with Gasteiger partial charge >= 0.3 is 0 Å². The van der Waals surface area contributed by atoms with Gasteiger partial charge in [0.05, 0.1) is 6.07 Å². The van der Waals surface area contributed by atoms with E-state index in [0.29, 0.717) is 0 Å². The molecule has 2 heteroatoms. The normalized spacial score (nSPS) is 3.89. The van der Waals surface area contributed by atoms with Crippen LogP contribution in [-0.2, 0) is 17.1 Å². The molecule has 9 heavy (non-hydrogen) atoms. The van der Waals surface area contributed by atoms with E-state index in [0.717, 1.165) is 0 Å². The van der Waals surface area contributed by atoms with E-state index in [1.165, 1.54) is 6.08 Å². The van der Waals surface area contributed by atoms with E-state index < -0.39 is 0 Å². The smallest absolute Gasteiger partial charge is 0.0905 e. The Balaban J connectivity index is -0.0000000720. The maximum Gasteiger partial charge on any atom is 0.0905 e. The van der Waals surface area contributed by atoms with Crippen LogP contribution in [0.1, 0.15) is 0 Å². The van der Waals surface area contributed by atoms with Crippen LogP contribution >= 0.6 is 0 Å². The van der Waals surface area contributed by atoms with Crippen molar-refractivity contribution in [1.82, 2.24) is 0 Å². The third-order valence-electron chi connectivity index (χ3n) is 0.258. The molecule has 1 nitrogen and oxygen atoms in total. The monoisotopic (exact) mass is 170 g/mol. The van der Waals surface area contributed by atoms with E-state index in [2.05, 4.69) is 19.7 Å². The topological polar surface area (TPSA) is 23.8 Å². The fourth-order valence-electron chi connectivity index (χ4n) is 0. The van der Waals surface area contributed by atoms with Crippen LogP contribution in [0.4, 0.5) is 0 Å². The van der Waals surface area contributed by atoms with Crippen LogP contribution in [-0.4, -0.2) is 0 Å². The number of allylic oxidation sites excluding steroid dienone is 3. The molecule has 0 amide bonds. The van der Waals surface area contributed by atoms with E-state index >= 15 is 0 Å². The van der Waals surface area contributed by atoms with Gasteiger partial charge in [0, 0.05) is 23.1 Å². The summed E-state index contributed by atoms with van der Waals surface area (Å²) in [6.45, 7) is 9.84. The Morgan fingerprint density at radius 1 is 1.11 bits per heavy atom. The average Bonchev–Trinajstić information content (AvgIpc) is 1.88. The second-order valence-electron chi connectivity index (χ2n) is 0.805. The molecular weight excluding hydrogens is 162 g/mol. The molecule has 0 aromatic rings. The van der Waals surface area contributed by atoms with Gasteiger partial charge in [-0.05, 0) is 0 Å². The summed E-state index contributed by atoms with van der Waals surface area (Å²) in [5.41, 5.74) is 0. The van der Waals surface area contributed by atoms with Gasteiger partial charge in [-0.3, -0.25) is 0 Å². The maximum atomic E-state index is 7.51. The number of nitrogens with zero attached hydrogens (tertiary/aromatic N) is 1. The van der Waals surface area contributed by atoms with E-state index in [9.17, 15) is 0 Å². The molecule has 0 atom stereocenters. The van der Waals surface area contributed by atoms with Crippen LogP contribution in [0.15, 0.2) is 38.0 Å². The summed E-state index contributed by atoms with van der Waals surface area (Å²) in [6, 6.07) is 1.69. The van der Waals surface area contributed by atoms with Gasteiger partial charge in [-0.25, -0.2) is 0 Å². The van der Waals surface area contributed by atoms with Gasteiger partial charge < -0.3 is 0 Å². The van der Waals surface area contributed by atoms with Crippen molar-refractivity contribution in [1.29, 1.82) is 5.26 Å². The molecule has 0 fully saturated rings. The van der Waals surface area contributed by atoms with E-state index in [4.69, 9.17) is 5.26 Å². The summed E-state index contributed by atoms with van der Waals surface area (Å²) < 4.78 is 0. The van der Waals surface area contributed by atoms with Crippen LogP contribution in [0.5, 0.6) is 0 Å². The molecule has 0 aromatic carbocycles. The molecule has 0 saturated heterocycles. The second kappa shape index (κ2) is 26.9. The van der Waals surface area contributed by atoms with Crippen LogP contribution < -0.4 is 0 Å². The number of hydrogen-bond donors (Lipinski definition) is 0. The van der Waals surface area contributed by atoms with Crippen molar-refractivity contribution in [2.24, 2.45) is 0 Å². The van der Waals surface area contributed by atoms with E-state index in [1.54, 1.807) is 18.2 Å². The zero-order chi connectivity index (χ0) is 6.83. The summed E-state index contributed by atoms with van der Waals surface area (Å²) in [5, 5.41) is 7.51. The molecule has 0 saturated carbocycles. The summed E-state index contributed by atoms with van der Waals surface area (Å²) in [7, 11) is 0. The van der Waals surface area contributed by atoms with Crippen molar-refractivity contribution in [3.05, 3.63) is 38.0 Å². The molecule has 53 valence electrons. The first-order chi connectivity index (χ1) is 3.83. The van der Waals surface area contributed by atoms with Gasteiger partial charge in [0.1, 0.15) is 0 Å². The predicted molar refractivity (Wildman–Crippen MR) is 36.2 cm³/mol. The fraction of sp³-hybridized carbons (Fsp3) is 0. The van der Waals surface area contributed by atoms with Crippen LogP contribution in [0.25, 0.3) is 0 Å². The van der Waals surface area contributed by atoms with Crippen molar-refractivity contribution in [3.8, 4) is 6.07 Å². The van der Waals surface area contributed by atoms with E-state index in [1.807, 2.05) is 0 Å². The van der Waals surface area contributed by atoms with Crippen molar-refractivity contribution >= 4 is 0 Å². The van der Waals surface area contributed by atoms with Crippen LogP contribution in [0, 0.1) is 11.3 Å². The number of hydrogen-bond acceptors (Lipinski definition) is 1. The molecule has 0 rings (SSSR count). The Kier molecular flexibility index (Phi) is 47.0. The van der Waals surface area contributed by atoms with Crippen LogP contribution in [0.3, 0.4) is 0 Å². The minimum atomic E-state index is 0. The second-order valence-corrected chi connectivity index (χ2v) is 0.805. The summed E-state index contributed by atoms with van der Waals surface area (Å²) >= 11 is 0. The first kappa shape index (κ1) is 15.7. The zero-order valence-electron chi connectivity index (χ0n) is 5.10. The molecular formula is C7H9CuN. The minimum absolute atomic E-state index is 0. The van der Waals surface area contributed by atoms with Gasteiger partial charge in [0.2, 0.25) is 0 Å². The molecule has 0 aliphatic rings. The third-order valence-corrected chi connectivity index (χ3v) is 0.258. The summed E-state index contributed by atoms with van der Waals surface area (Å²) in [4.78, 5) is 0. The molecule has 0 aliphatic heterocycles. The Hall–Kier alpha value is -0.771. The van der Waals surface area contributed by atoms with Gasteiger partial charge in [-0.1, -0.05) is 31.9 Å². The van der Waals surface area contributed by atoms with Crippen molar-refractivity contribution in [2.75, 3.05) is 0 Å². The molecule has 0 N–H and O–H groups in total. The molecule has 0 unspecified atom stereocenters. The minimum Gasteiger partial charge on any atom is -0.193 e. The van der Waals surface area contributed by atoms with Crippen molar-refractivity contribution in [3.63, 3.8) is 0 Å². The first-order valence-electron chi connectivity index (χ1n) is 2.07. The third kappa shape index (κ3) is 131. The van der Waals surface area contributed by atoms with Gasteiger partial charge in [0.25, 0.3) is 0 Å². The van der Waals surface area contributed by atoms with Crippen molar-refractivity contribution < 1.29 is 17.1 Å². The van der Waals surface area contributed by atoms with Crippen LogP contribution in [0.2, 0.25) is 0 Å². The first-order valence-corrected chi connectivity index (χ1v) is 2.07. The summed E-state index contributed by atoms with van der Waals surface area (Å²) in [6.07, 6.45) is 4.46. The zero-order valence-corrected chi connectivity index (χ0v) is 6.04. The van der Waals surface area contributed by atoms with Gasteiger partial charge in [-0.15, -0.1) is 0 Å². The molecule has 0 spiro atoms. The van der Waals surface area contributed by atoms with Gasteiger partial charge in [-0.2, -0.15) is 5.26 Å². The Bertz CT molecular complexity index is 105. The maximum absolute atomic E-state index is 7.51. The SMILES string of the molecule is C=CC#N.C=CC=C.[Cu]. The molecule has 1 radical (unpaired) electrons. The van der Waals surface area contributed by atoms with Gasteiger partial charge in [0.15, 0.2) is 0 Å². The fourth-order valence-corrected chi connectivity index (χ4v) is 0. The standard InChI is InChI=1S/C4H6.C3H3N.Cu/c1-3-4-2;1-2-3-4;/h3-4H,1-2H2;2H,1H2;. The van der Waals surface area contributed by atoms with E-state index in [-0.39, 0.29) is 17.1 Å². The number of rotatable bonds is 1. The molecule has 0 bridgehead atoms. The molecule has 0 aromatic heterocycles. The average molecular weight is 171 g/mol. The summed E-state index contributed by atoms with van der Waals surface area (Å²) in [5.74, 6) is 0. The predicted octanol–water partition coefficient (Wildman–Crippen LogP) is 2.05.